The Hall–Kier alpha value is -1.07. The number of hydrogen-bond acceptors (Lipinski definition) is 3. The largest absolute Gasteiger partial charge is 0.378 e. The summed E-state index contributed by atoms with van der Waals surface area (Å²) in [6.07, 6.45) is 16.0. The van der Waals surface area contributed by atoms with Crippen molar-refractivity contribution in [2.45, 2.75) is 118 Å². The van der Waals surface area contributed by atoms with Gasteiger partial charge < -0.3 is 20.3 Å². The smallest absolute Gasteiger partial charge is 0.317 e. The molecule has 9 atom stereocenters. The molecule has 0 bridgehead atoms. The van der Waals surface area contributed by atoms with Crippen molar-refractivity contribution in [2.24, 2.45) is 46.3 Å². The topological polar surface area (TPSA) is 53.6 Å². The minimum absolute atomic E-state index is 0.0945. The van der Waals surface area contributed by atoms with Crippen molar-refractivity contribution in [2.75, 3.05) is 32.8 Å². The predicted molar refractivity (Wildman–Crippen MR) is 161 cm³/mol. The number of nitrogens with one attached hydrogen (secondary N) is 2. The van der Waals surface area contributed by atoms with Crippen LogP contribution in [0.3, 0.4) is 0 Å². The molecule has 0 aromatic heterocycles. The monoisotopic (exact) mass is 541 g/mol. The van der Waals surface area contributed by atoms with Gasteiger partial charge in [0.05, 0.1) is 13.2 Å². The van der Waals surface area contributed by atoms with Gasteiger partial charge >= 0.3 is 6.03 Å². The van der Waals surface area contributed by atoms with Gasteiger partial charge in [-0.2, -0.15) is 0 Å². The van der Waals surface area contributed by atoms with Crippen LogP contribution in [-0.4, -0.2) is 55.9 Å². The van der Waals surface area contributed by atoms with Crippen molar-refractivity contribution >= 4 is 6.03 Å². The van der Waals surface area contributed by atoms with E-state index in [2.05, 4.69) is 58.3 Å². The number of amides is 2. The van der Waals surface area contributed by atoms with E-state index in [1.807, 2.05) is 4.90 Å². The molecule has 4 fully saturated rings. The van der Waals surface area contributed by atoms with E-state index in [1.165, 1.54) is 51.4 Å². The van der Waals surface area contributed by atoms with E-state index in [0.29, 0.717) is 37.8 Å². The number of nitrogens with zero attached hydrogens (tertiary/aromatic N) is 1. The van der Waals surface area contributed by atoms with Gasteiger partial charge in [0.25, 0.3) is 0 Å². The van der Waals surface area contributed by atoms with Crippen LogP contribution in [0.1, 0.15) is 106 Å². The minimum atomic E-state index is 0.0945. The SMILES string of the molecule is CCNC1C[C@@]2(C)C(=CCC3C2CC[C@@]2(C)C3CC[C@@H]2[C@H](C)CCCC(C)C)C[C@H]1NC(=O)N1CCOCC1. The number of rotatable bonds is 8. The van der Waals surface area contributed by atoms with E-state index < -0.39 is 0 Å². The van der Waals surface area contributed by atoms with Gasteiger partial charge in [0.2, 0.25) is 0 Å². The Balaban J connectivity index is 1.29. The summed E-state index contributed by atoms with van der Waals surface area (Å²) in [6.45, 7) is 18.5. The maximum absolute atomic E-state index is 13.1. The summed E-state index contributed by atoms with van der Waals surface area (Å²) >= 11 is 0. The lowest BCUT2D eigenvalue weighted by Crippen LogP contribution is -2.61. The van der Waals surface area contributed by atoms with Gasteiger partial charge in [0.1, 0.15) is 0 Å². The zero-order valence-electron chi connectivity index (χ0n) is 26.1. The van der Waals surface area contributed by atoms with Crippen LogP contribution >= 0.6 is 0 Å². The number of urea groups is 1. The van der Waals surface area contributed by atoms with Gasteiger partial charge in [-0.3, -0.25) is 0 Å². The number of carbonyl (C=O) groups is 1. The molecule has 1 heterocycles. The third-order valence-corrected chi connectivity index (χ3v) is 12.5. The summed E-state index contributed by atoms with van der Waals surface area (Å²) in [4.78, 5) is 15.1. The fourth-order valence-electron chi connectivity index (χ4n) is 10.4. The van der Waals surface area contributed by atoms with Gasteiger partial charge in [-0.05, 0) is 97.8 Å². The van der Waals surface area contributed by atoms with Crippen molar-refractivity contribution in [3.05, 3.63) is 11.6 Å². The molecular formula is C34H59N3O2. The number of ether oxygens (including phenoxy) is 1. The molecule has 3 saturated carbocycles. The maximum Gasteiger partial charge on any atom is 0.317 e. The predicted octanol–water partition coefficient (Wildman–Crippen LogP) is 7.03. The van der Waals surface area contributed by atoms with Crippen LogP contribution in [0.2, 0.25) is 0 Å². The molecule has 4 unspecified atom stereocenters. The van der Waals surface area contributed by atoms with Crippen molar-refractivity contribution < 1.29 is 9.53 Å². The van der Waals surface area contributed by atoms with Gasteiger partial charge in [0, 0.05) is 25.2 Å². The van der Waals surface area contributed by atoms with Crippen LogP contribution in [0.25, 0.3) is 0 Å². The molecule has 1 aliphatic heterocycles. The molecular weight excluding hydrogens is 482 g/mol. The Morgan fingerprint density at radius 2 is 1.85 bits per heavy atom. The zero-order valence-corrected chi connectivity index (χ0v) is 26.1. The summed E-state index contributed by atoms with van der Waals surface area (Å²) in [5, 5.41) is 7.27. The molecule has 0 aromatic carbocycles. The first kappa shape index (κ1) is 29.4. The van der Waals surface area contributed by atoms with Crippen molar-refractivity contribution in [3.8, 4) is 0 Å². The van der Waals surface area contributed by atoms with E-state index in [-0.39, 0.29) is 17.5 Å². The second kappa shape index (κ2) is 12.0. The second-order valence-corrected chi connectivity index (χ2v) is 15.0. The Labute approximate surface area is 239 Å². The number of likely N-dealkylation sites (N-methyl/N-ethyl adjacent to an activating group) is 1. The highest BCUT2D eigenvalue weighted by molar-refractivity contribution is 5.74. The van der Waals surface area contributed by atoms with E-state index in [1.54, 1.807) is 5.57 Å². The molecule has 222 valence electrons. The van der Waals surface area contributed by atoms with Crippen molar-refractivity contribution in [1.29, 1.82) is 0 Å². The van der Waals surface area contributed by atoms with Crippen molar-refractivity contribution in [1.82, 2.24) is 15.5 Å². The summed E-state index contributed by atoms with van der Waals surface area (Å²) in [6, 6.07) is 0.608. The average Bonchev–Trinajstić information content (AvgIpc) is 3.27. The van der Waals surface area contributed by atoms with Gasteiger partial charge in [-0.1, -0.05) is 72.5 Å². The Kier molecular flexibility index (Phi) is 9.08. The summed E-state index contributed by atoms with van der Waals surface area (Å²) in [7, 11) is 0. The van der Waals surface area contributed by atoms with Crippen LogP contribution in [-0.2, 0) is 4.74 Å². The molecule has 5 rings (SSSR count). The molecule has 1 saturated heterocycles. The normalized spacial score (nSPS) is 40.9. The Bertz CT molecular complexity index is 882. The van der Waals surface area contributed by atoms with E-state index in [9.17, 15) is 4.79 Å². The lowest BCUT2D eigenvalue weighted by molar-refractivity contribution is -0.0546. The molecule has 5 nitrogen and oxygen atoms in total. The lowest BCUT2D eigenvalue weighted by atomic mass is 9.46. The highest BCUT2D eigenvalue weighted by atomic mass is 16.5. The first-order chi connectivity index (χ1) is 18.7. The molecule has 0 spiro atoms. The third-order valence-electron chi connectivity index (χ3n) is 12.5. The molecule has 0 aromatic rings. The van der Waals surface area contributed by atoms with Crippen LogP contribution in [0.5, 0.6) is 0 Å². The quantitative estimate of drug-likeness (QED) is 0.325. The standard InChI is InChI=1S/C34H59N3O2/c1-7-35-31-22-34(6)25(21-30(31)36-32(38)37-17-19-39-20-18-37)11-12-26-28-14-13-27(24(4)10-8-9-23(2)3)33(28,5)16-15-29(26)34/h11,23-24,26-31,35H,7-10,12-22H2,1-6H3,(H,36,38)/t24-,26?,27-,28?,29?,30-,31?,33-,34+/m1/s1. The first-order valence-corrected chi connectivity index (χ1v) is 16.7. The second-order valence-electron chi connectivity index (χ2n) is 15.0. The van der Waals surface area contributed by atoms with Crippen LogP contribution in [0, 0.1) is 46.3 Å². The Morgan fingerprint density at radius 1 is 1.08 bits per heavy atom. The van der Waals surface area contributed by atoms with E-state index >= 15 is 0 Å². The van der Waals surface area contributed by atoms with Crippen molar-refractivity contribution in [3.63, 3.8) is 0 Å². The molecule has 2 N–H and O–H groups in total. The fraction of sp³-hybridized carbons (Fsp3) is 0.912. The number of hydrogen-bond donors (Lipinski definition) is 2. The summed E-state index contributed by atoms with van der Waals surface area (Å²) < 4.78 is 5.47. The molecule has 39 heavy (non-hydrogen) atoms. The number of carbonyl (C=O) groups excluding carboxylic acids is 1. The number of morpholine rings is 1. The zero-order chi connectivity index (χ0) is 27.8. The van der Waals surface area contributed by atoms with E-state index in [0.717, 1.165) is 54.9 Å². The van der Waals surface area contributed by atoms with Gasteiger partial charge in [-0.15, -0.1) is 0 Å². The van der Waals surface area contributed by atoms with Gasteiger partial charge in [-0.25, -0.2) is 4.79 Å². The van der Waals surface area contributed by atoms with Crippen LogP contribution in [0.15, 0.2) is 11.6 Å². The summed E-state index contributed by atoms with van der Waals surface area (Å²) in [5.41, 5.74) is 2.44. The summed E-state index contributed by atoms with van der Waals surface area (Å²) in [5.74, 6) is 5.13. The minimum Gasteiger partial charge on any atom is -0.378 e. The highest BCUT2D eigenvalue weighted by Crippen LogP contribution is 2.67. The molecule has 4 aliphatic carbocycles. The fourth-order valence-corrected chi connectivity index (χ4v) is 10.4. The molecule has 2 amide bonds. The highest BCUT2D eigenvalue weighted by Gasteiger charge is 2.60. The third kappa shape index (κ3) is 5.70. The molecule has 0 radical (unpaired) electrons. The first-order valence-electron chi connectivity index (χ1n) is 16.7. The molecule has 5 heteroatoms. The van der Waals surface area contributed by atoms with Gasteiger partial charge in [0.15, 0.2) is 0 Å². The maximum atomic E-state index is 13.1. The lowest BCUT2D eigenvalue weighted by Gasteiger charge is -2.59. The molecule has 5 aliphatic rings. The number of allylic oxidation sites excluding steroid dienone is 1. The van der Waals surface area contributed by atoms with Crippen LogP contribution < -0.4 is 10.6 Å². The Morgan fingerprint density at radius 3 is 2.56 bits per heavy atom. The number of fused-ring (bicyclic) bond motifs is 5. The average molecular weight is 542 g/mol. The van der Waals surface area contributed by atoms with E-state index in [4.69, 9.17) is 4.74 Å². The van der Waals surface area contributed by atoms with Crippen LogP contribution in [0.4, 0.5) is 4.79 Å².